The van der Waals surface area contributed by atoms with Crippen LogP contribution >= 0.6 is 19.0 Å². The molecule has 0 amide bonds. The van der Waals surface area contributed by atoms with Crippen molar-refractivity contribution < 1.29 is 0 Å². The van der Waals surface area contributed by atoms with Gasteiger partial charge < -0.3 is 0 Å². The first kappa shape index (κ1) is 4.84. The third-order valence-electron chi connectivity index (χ3n) is 0.118. The van der Waals surface area contributed by atoms with Crippen LogP contribution in [-0.2, 0) is 0 Å². The minimum Gasteiger partial charge on any atom is -0.203 e. The van der Waals surface area contributed by atoms with Crippen LogP contribution in [0.3, 0.4) is 0 Å². The molecule has 0 N–H and O–H groups in total. The molecule has 0 rings (SSSR count). The molecular formula is CH4BPS. The summed E-state index contributed by atoms with van der Waals surface area (Å²) >= 11 is 1.38. The highest BCUT2D eigenvalue weighted by atomic mass is 32.7. The van der Waals surface area contributed by atoms with Crippen molar-refractivity contribution in [3.63, 3.8) is 0 Å². The molecule has 0 saturated carbocycles. The number of rotatable bonds is 1. The van der Waals surface area contributed by atoms with Crippen LogP contribution in [0.2, 0.25) is 0 Å². The molecule has 0 aliphatic carbocycles. The molecule has 0 heterocycles. The predicted molar refractivity (Wildman–Crippen MR) is 27.6 cm³/mol. The first-order valence-electron chi connectivity index (χ1n) is 0.940. The van der Waals surface area contributed by atoms with Gasteiger partial charge >= 0.3 is 0 Å². The Morgan fingerprint density at radius 3 is 2.25 bits per heavy atom. The zero-order chi connectivity index (χ0) is 3.41. The molecular weight excluding hydrogens is 85.9 g/mol. The van der Waals surface area contributed by atoms with Crippen LogP contribution in [0.1, 0.15) is 0 Å². The van der Waals surface area contributed by atoms with Crippen molar-refractivity contribution >= 4 is 26.1 Å². The summed E-state index contributed by atoms with van der Waals surface area (Å²) < 4.78 is 0. The molecule has 0 aliphatic heterocycles. The minimum atomic E-state index is 0.835. The van der Waals surface area contributed by atoms with E-state index < -0.39 is 0 Å². The van der Waals surface area contributed by atoms with Crippen molar-refractivity contribution in [3.05, 3.63) is 0 Å². The second-order valence-electron chi connectivity index (χ2n) is 0.322. The summed E-state index contributed by atoms with van der Waals surface area (Å²) in [6.45, 7) is 2.05. The molecule has 0 nitrogen and oxygen atoms in total. The highest BCUT2D eigenvalue weighted by Crippen LogP contribution is 2.17. The maximum absolute atomic E-state index is 4.96. The lowest BCUT2D eigenvalue weighted by molar-refractivity contribution is 2.51. The van der Waals surface area contributed by atoms with E-state index in [4.69, 9.17) is 7.12 Å². The number of hydrogen-bond donors (Lipinski definition) is 0. The second kappa shape index (κ2) is 3.84. The van der Waals surface area contributed by atoms with E-state index in [0.717, 1.165) is 7.78 Å². The van der Waals surface area contributed by atoms with Crippen LogP contribution in [0.25, 0.3) is 0 Å². The smallest absolute Gasteiger partial charge is 0.167 e. The lowest BCUT2D eigenvalue weighted by Gasteiger charge is -1.71. The lowest BCUT2D eigenvalue weighted by atomic mass is 10.8. The molecule has 22 valence electrons. The van der Waals surface area contributed by atoms with Crippen LogP contribution in [0.4, 0.5) is 0 Å². The van der Waals surface area contributed by atoms with Gasteiger partial charge in [0.2, 0.25) is 0 Å². The molecule has 0 aromatic carbocycles. The Balaban J connectivity index is 1.97. The SMILES string of the molecule is [B]SPC. The van der Waals surface area contributed by atoms with Gasteiger partial charge in [0.15, 0.2) is 7.12 Å². The highest BCUT2D eigenvalue weighted by molar-refractivity contribution is 8.60. The lowest BCUT2D eigenvalue weighted by Crippen LogP contribution is -1.28. The molecule has 0 spiro atoms. The molecule has 1 unspecified atom stereocenters. The van der Waals surface area contributed by atoms with Gasteiger partial charge in [-0.3, -0.25) is 0 Å². The van der Waals surface area contributed by atoms with Crippen LogP contribution in [0.15, 0.2) is 0 Å². The Kier molecular flexibility index (Phi) is 4.66. The molecule has 0 fully saturated rings. The van der Waals surface area contributed by atoms with Crippen molar-refractivity contribution in [2.45, 2.75) is 0 Å². The largest absolute Gasteiger partial charge is 0.203 e. The molecule has 3 heteroatoms. The second-order valence-corrected chi connectivity index (χ2v) is 2.90. The fourth-order valence-electron chi connectivity index (χ4n) is 0. The van der Waals surface area contributed by atoms with Crippen LogP contribution in [0, 0.1) is 0 Å². The van der Waals surface area contributed by atoms with E-state index >= 15 is 0 Å². The predicted octanol–water partition coefficient (Wildman–Crippen LogP) is 1.03. The van der Waals surface area contributed by atoms with E-state index in [0.29, 0.717) is 0 Å². The van der Waals surface area contributed by atoms with E-state index in [1.807, 2.05) is 6.66 Å². The molecule has 0 aromatic rings. The van der Waals surface area contributed by atoms with Gasteiger partial charge in [-0.25, -0.2) is 11.2 Å². The van der Waals surface area contributed by atoms with Crippen molar-refractivity contribution in [1.82, 2.24) is 0 Å². The summed E-state index contributed by atoms with van der Waals surface area (Å²) in [5.41, 5.74) is 0. The quantitative estimate of drug-likeness (QED) is 0.342. The Bertz CT molecular complexity index is 10.0. The molecule has 4 heavy (non-hydrogen) atoms. The van der Waals surface area contributed by atoms with E-state index in [1.165, 1.54) is 11.2 Å². The molecule has 1 atom stereocenters. The van der Waals surface area contributed by atoms with Gasteiger partial charge in [-0.1, -0.05) is 7.78 Å². The molecule has 0 aliphatic rings. The third kappa shape index (κ3) is 2.84. The molecule has 0 bridgehead atoms. The Labute approximate surface area is 33.6 Å². The van der Waals surface area contributed by atoms with E-state index in [-0.39, 0.29) is 0 Å². The molecule has 0 aromatic heterocycles. The zero-order valence-corrected chi connectivity index (χ0v) is 4.30. The van der Waals surface area contributed by atoms with Crippen LogP contribution in [0.5, 0.6) is 0 Å². The van der Waals surface area contributed by atoms with Crippen molar-refractivity contribution in [2.24, 2.45) is 0 Å². The Morgan fingerprint density at radius 2 is 2.25 bits per heavy atom. The average molecular weight is 89.9 g/mol. The average Bonchev–Trinajstić information content (AvgIpc) is 1.37. The van der Waals surface area contributed by atoms with Gasteiger partial charge in [-0.05, 0) is 6.66 Å². The summed E-state index contributed by atoms with van der Waals surface area (Å²) in [6, 6.07) is 0. The third-order valence-corrected chi connectivity index (χ3v) is 1.06. The van der Waals surface area contributed by atoms with Crippen molar-refractivity contribution in [3.8, 4) is 0 Å². The van der Waals surface area contributed by atoms with Gasteiger partial charge in [0.25, 0.3) is 0 Å². The standard InChI is InChI=1S/CH4BPS/c1-3-4-2/h3H,1H3. The van der Waals surface area contributed by atoms with Gasteiger partial charge in [0.05, 0.1) is 0 Å². The zero-order valence-electron chi connectivity index (χ0n) is 2.49. The van der Waals surface area contributed by atoms with Gasteiger partial charge in [0.1, 0.15) is 0 Å². The van der Waals surface area contributed by atoms with Gasteiger partial charge in [-0.2, -0.15) is 0 Å². The van der Waals surface area contributed by atoms with E-state index in [1.54, 1.807) is 0 Å². The summed E-state index contributed by atoms with van der Waals surface area (Å²) in [6.07, 6.45) is 0. The molecule has 0 saturated heterocycles. The minimum absolute atomic E-state index is 0.835. The van der Waals surface area contributed by atoms with Crippen molar-refractivity contribution in [1.29, 1.82) is 0 Å². The van der Waals surface area contributed by atoms with Gasteiger partial charge in [0, 0.05) is 0 Å². The summed E-state index contributed by atoms with van der Waals surface area (Å²) in [5.74, 6) is 0. The first-order chi connectivity index (χ1) is 1.91. The van der Waals surface area contributed by atoms with Crippen LogP contribution in [-0.4, -0.2) is 13.8 Å². The highest BCUT2D eigenvalue weighted by Gasteiger charge is 1.54. The van der Waals surface area contributed by atoms with E-state index in [2.05, 4.69) is 0 Å². The summed E-state index contributed by atoms with van der Waals surface area (Å²) in [7, 11) is 5.79. The molecule has 2 radical (unpaired) electrons. The van der Waals surface area contributed by atoms with Crippen LogP contribution < -0.4 is 0 Å². The maximum Gasteiger partial charge on any atom is 0.167 e. The summed E-state index contributed by atoms with van der Waals surface area (Å²) in [5, 5.41) is 0. The Hall–Kier alpha value is 0.845. The number of hydrogen-bond acceptors (Lipinski definition) is 1. The van der Waals surface area contributed by atoms with E-state index in [9.17, 15) is 0 Å². The fraction of sp³-hybridized carbons (Fsp3) is 1.00. The topological polar surface area (TPSA) is 0 Å². The first-order valence-corrected chi connectivity index (χ1v) is 4.04. The van der Waals surface area contributed by atoms with Gasteiger partial charge in [-0.15, -0.1) is 0 Å². The fourth-order valence-corrected chi connectivity index (χ4v) is 0. The monoisotopic (exact) mass is 90.0 g/mol. The summed E-state index contributed by atoms with van der Waals surface area (Å²) in [4.78, 5) is 0. The maximum atomic E-state index is 4.96. The Morgan fingerprint density at radius 1 is 2.00 bits per heavy atom. The van der Waals surface area contributed by atoms with Crippen molar-refractivity contribution in [2.75, 3.05) is 6.66 Å². The normalized spacial score (nSPS) is 10.2.